The molecular weight excluding hydrogens is 466 g/mol. The first-order valence-electron chi connectivity index (χ1n) is 11.0. The lowest BCUT2D eigenvalue weighted by Crippen LogP contribution is -2.25. The molecule has 0 aliphatic rings. The molecule has 4 rings (SSSR count). The number of hydrogen-bond donors (Lipinski definition) is 2. The minimum atomic E-state index is -0.205. The van der Waals surface area contributed by atoms with Crippen LogP contribution in [0.5, 0.6) is 5.75 Å². The van der Waals surface area contributed by atoms with Crippen LogP contribution in [0.3, 0.4) is 0 Å². The van der Waals surface area contributed by atoms with Crippen LogP contribution in [-0.2, 0) is 12.2 Å². The summed E-state index contributed by atoms with van der Waals surface area (Å²) in [5, 5.41) is 3.45. The van der Waals surface area contributed by atoms with E-state index < -0.39 is 0 Å². The number of hydrogen-bond acceptors (Lipinski definition) is 6. The zero-order chi connectivity index (χ0) is 24.2. The van der Waals surface area contributed by atoms with Gasteiger partial charge in [-0.2, -0.15) is 0 Å². The number of para-hydroxylation sites is 1. The van der Waals surface area contributed by atoms with Crippen LogP contribution in [0.1, 0.15) is 37.7 Å². The van der Waals surface area contributed by atoms with Gasteiger partial charge in [-0.05, 0) is 56.0 Å². The highest BCUT2D eigenvalue weighted by atomic mass is 32.2. The number of aryl methyl sites for hydroxylation is 3. The van der Waals surface area contributed by atoms with Gasteiger partial charge in [0.2, 0.25) is 0 Å². The van der Waals surface area contributed by atoms with Gasteiger partial charge >= 0.3 is 0 Å². The zero-order valence-corrected chi connectivity index (χ0v) is 21.3. The standard InChI is InChI=1S/C26H27N3O3S2/c1-15-9-10-16(2)20(13-15)33-14-21-28-24(30)22-17(3)23(34-26(22)29-21)25(31)27-12-11-18-7-5-6-8-19(18)32-4/h5-10,13H,11-12,14H2,1-4H3,(H,27,31)(H,28,29,30). The highest BCUT2D eigenvalue weighted by Crippen LogP contribution is 2.29. The van der Waals surface area contributed by atoms with Crippen LogP contribution < -0.4 is 15.6 Å². The molecule has 0 unspecified atom stereocenters. The lowest BCUT2D eigenvalue weighted by molar-refractivity contribution is 0.0957. The van der Waals surface area contributed by atoms with Crippen LogP contribution in [-0.4, -0.2) is 29.5 Å². The second kappa shape index (κ2) is 10.4. The molecule has 2 N–H and O–H groups in total. The highest BCUT2D eigenvalue weighted by molar-refractivity contribution is 7.98. The van der Waals surface area contributed by atoms with Crippen molar-refractivity contribution in [3.63, 3.8) is 0 Å². The summed E-state index contributed by atoms with van der Waals surface area (Å²) in [4.78, 5) is 35.5. The molecule has 6 nitrogen and oxygen atoms in total. The first-order valence-corrected chi connectivity index (χ1v) is 12.8. The number of nitrogens with zero attached hydrogens (tertiary/aromatic N) is 1. The van der Waals surface area contributed by atoms with Crippen molar-refractivity contribution in [1.82, 2.24) is 15.3 Å². The molecule has 176 valence electrons. The fourth-order valence-corrected chi connectivity index (χ4v) is 5.89. The van der Waals surface area contributed by atoms with Gasteiger partial charge in [-0.15, -0.1) is 23.1 Å². The third kappa shape index (κ3) is 5.18. The third-order valence-corrected chi connectivity index (χ3v) is 7.99. The predicted octanol–water partition coefficient (Wildman–Crippen LogP) is 5.18. The molecule has 0 spiro atoms. The third-order valence-electron chi connectivity index (χ3n) is 5.64. The van der Waals surface area contributed by atoms with Gasteiger partial charge in [0, 0.05) is 11.4 Å². The molecule has 4 aromatic rings. The van der Waals surface area contributed by atoms with Crippen LogP contribution in [0.15, 0.2) is 52.2 Å². The number of aromatic amines is 1. The molecule has 34 heavy (non-hydrogen) atoms. The Balaban J connectivity index is 1.49. The molecule has 0 saturated carbocycles. The van der Waals surface area contributed by atoms with E-state index in [1.807, 2.05) is 24.3 Å². The van der Waals surface area contributed by atoms with E-state index in [9.17, 15) is 9.59 Å². The SMILES string of the molecule is COc1ccccc1CCNC(=O)c1sc2nc(CSc3cc(C)ccc3C)[nH]c(=O)c2c1C. The Morgan fingerprint density at radius 2 is 1.97 bits per heavy atom. The number of amides is 1. The monoisotopic (exact) mass is 493 g/mol. The Morgan fingerprint density at radius 1 is 1.18 bits per heavy atom. The van der Waals surface area contributed by atoms with Crippen molar-refractivity contribution >= 4 is 39.2 Å². The quantitative estimate of drug-likeness (QED) is 0.330. The summed E-state index contributed by atoms with van der Waals surface area (Å²) < 4.78 is 5.37. The number of nitrogens with one attached hydrogen (secondary N) is 2. The second-order valence-corrected chi connectivity index (χ2v) is 10.1. The van der Waals surface area contributed by atoms with Gasteiger partial charge in [-0.3, -0.25) is 9.59 Å². The van der Waals surface area contributed by atoms with Crippen molar-refractivity contribution in [2.75, 3.05) is 13.7 Å². The molecule has 0 radical (unpaired) electrons. The number of rotatable bonds is 8. The summed E-state index contributed by atoms with van der Waals surface area (Å²) in [6, 6.07) is 14.1. The van der Waals surface area contributed by atoms with Gasteiger partial charge in [0.15, 0.2) is 0 Å². The van der Waals surface area contributed by atoms with E-state index in [1.165, 1.54) is 27.4 Å². The second-order valence-electron chi connectivity index (χ2n) is 8.12. The van der Waals surface area contributed by atoms with Gasteiger partial charge in [-0.25, -0.2) is 4.98 Å². The van der Waals surface area contributed by atoms with Crippen LogP contribution in [0, 0.1) is 20.8 Å². The molecule has 1 amide bonds. The Hall–Kier alpha value is -3.10. The van der Waals surface area contributed by atoms with Gasteiger partial charge < -0.3 is 15.0 Å². The van der Waals surface area contributed by atoms with Crippen LogP contribution >= 0.6 is 23.1 Å². The molecule has 2 heterocycles. The number of fused-ring (bicyclic) bond motifs is 1. The van der Waals surface area contributed by atoms with E-state index in [0.717, 1.165) is 11.3 Å². The molecule has 0 aliphatic heterocycles. The fraction of sp³-hybridized carbons (Fsp3) is 0.269. The Labute approximate surface area is 206 Å². The maximum absolute atomic E-state index is 12.9. The number of H-pyrrole nitrogens is 1. The van der Waals surface area contributed by atoms with E-state index in [2.05, 4.69) is 47.3 Å². The molecule has 2 aromatic carbocycles. The number of thiophene rings is 1. The zero-order valence-electron chi connectivity index (χ0n) is 19.7. The largest absolute Gasteiger partial charge is 0.496 e. The molecule has 0 fully saturated rings. The predicted molar refractivity (Wildman–Crippen MR) is 139 cm³/mol. The number of carbonyl (C=O) groups is 1. The Kier molecular flexibility index (Phi) is 7.38. The first-order chi connectivity index (χ1) is 16.4. The Bertz CT molecular complexity index is 1410. The van der Waals surface area contributed by atoms with Gasteiger partial charge in [0.05, 0.1) is 23.1 Å². The van der Waals surface area contributed by atoms with Gasteiger partial charge in [0.25, 0.3) is 11.5 Å². The summed E-state index contributed by atoms with van der Waals surface area (Å²) in [6.07, 6.45) is 0.651. The van der Waals surface area contributed by atoms with Crippen molar-refractivity contribution < 1.29 is 9.53 Å². The molecule has 8 heteroatoms. The maximum atomic E-state index is 12.9. The van der Waals surface area contributed by atoms with E-state index in [1.54, 1.807) is 25.8 Å². The summed E-state index contributed by atoms with van der Waals surface area (Å²) >= 11 is 2.91. The molecule has 0 saturated heterocycles. The Morgan fingerprint density at radius 3 is 2.76 bits per heavy atom. The van der Waals surface area contributed by atoms with E-state index in [-0.39, 0.29) is 11.5 Å². The lowest BCUT2D eigenvalue weighted by atomic mass is 10.1. The van der Waals surface area contributed by atoms with Crippen LogP contribution in [0.2, 0.25) is 0 Å². The van der Waals surface area contributed by atoms with Crippen molar-refractivity contribution in [3.05, 3.63) is 85.8 Å². The average Bonchev–Trinajstić information content (AvgIpc) is 3.16. The number of ether oxygens (including phenoxy) is 1. The number of methoxy groups -OCH3 is 1. The van der Waals surface area contributed by atoms with Crippen molar-refractivity contribution in [1.29, 1.82) is 0 Å². The topological polar surface area (TPSA) is 84.1 Å². The summed E-state index contributed by atoms with van der Waals surface area (Å²) in [5.41, 5.74) is 3.88. The minimum Gasteiger partial charge on any atom is -0.496 e. The fourth-order valence-electron chi connectivity index (χ4n) is 3.78. The molecule has 0 atom stereocenters. The van der Waals surface area contributed by atoms with E-state index in [4.69, 9.17) is 4.74 Å². The maximum Gasteiger partial charge on any atom is 0.261 e. The summed E-state index contributed by atoms with van der Waals surface area (Å²) in [7, 11) is 1.64. The van der Waals surface area contributed by atoms with Crippen molar-refractivity contribution in [3.8, 4) is 5.75 Å². The van der Waals surface area contributed by atoms with E-state index in [0.29, 0.717) is 45.2 Å². The highest BCUT2D eigenvalue weighted by Gasteiger charge is 2.19. The molecular formula is C26H27N3O3S2. The number of thioether (sulfide) groups is 1. The van der Waals surface area contributed by atoms with Crippen molar-refractivity contribution in [2.24, 2.45) is 0 Å². The lowest BCUT2D eigenvalue weighted by Gasteiger charge is -2.08. The number of aromatic nitrogens is 2. The van der Waals surface area contributed by atoms with Crippen molar-refractivity contribution in [2.45, 2.75) is 37.8 Å². The van der Waals surface area contributed by atoms with Gasteiger partial charge in [-0.1, -0.05) is 35.9 Å². The normalized spacial score (nSPS) is 11.1. The smallest absolute Gasteiger partial charge is 0.261 e. The summed E-state index contributed by atoms with van der Waals surface area (Å²) in [6.45, 7) is 6.40. The number of benzene rings is 2. The molecule has 0 bridgehead atoms. The van der Waals surface area contributed by atoms with Gasteiger partial charge in [0.1, 0.15) is 16.4 Å². The molecule has 2 aromatic heterocycles. The first kappa shape index (κ1) is 24.0. The minimum absolute atomic E-state index is 0.193. The number of carbonyl (C=O) groups excluding carboxylic acids is 1. The molecule has 0 aliphatic carbocycles. The summed E-state index contributed by atoms with van der Waals surface area (Å²) in [5.74, 6) is 1.76. The van der Waals surface area contributed by atoms with Crippen LogP contribution in [0.25, 0.3) is 10.2 Å². The van der Waals surface area contributed by atoms with Crippen LogP contribution in [0.4, 0.5) is 0 Å². The average molecular weight is 494 g/mol. The van der Waals surface area contributed by atoms with E-state index >= 15 is 0 Å².